The van der Waals surface area contributed by atoms with Crippen molar-refractivity contribution in [1.29, 1.82) is 0 Å². The van der Waals surface area contributed by atoms with E-state index in [9.17, 15) is 0 Å². The van der Waals surface area contributed by atoms with Crippen molar-refractivity contribution in [2.45, 2.75) is 6.67 Å². The van der Waals surface area contributed by atoms with Gasteiger partial charge in [-0.3, -0.25) is 0 Å². The first-order valence-electron chi connectivity index (χ1n) is 6.47. The highest BCUT2D eigenvalue weighted by Crippen LogP contribution is 2.20. The molecule has 20 heavy (non-hydrogen) atoms. The molecule has 1 aliphatic heterocycles. The third kappa shape index (κ3) is 3.17. The third-order valence-electron chi connectivity index (χ3n) is 3.27. The summed E-state index contributed by atoms with van der Waals surface area (Å²) in [7, 11) is 0. The Hall–Kier alpha value is -1.02. The number of hydrogen-bond donors (Lipinski definition) is 1. The second kappa shape index (κ2) is 6.17. The topological polar surface area (TPSA) is 44.6 Å². The van der Waals surface area contributed by atoms with E-state index in [-0.39, 0.29) is 0 Å². The monoisotopic (exact) mass is 356 g/mol. The fourth-order valence-electron chi connectivity index (χ4n) is 2.15. The van der Waals surface area contributed by atoms with Gasteiger partial charge in [-0.25, -0.2) is 0 Å². The predicted octanol–water partition coefficient (Wildman–Crippen LogP) is 1.51. The highest BCUT2D eigenvalue weighted by Gasteiger charge is 2.17. The lowest BCUT2D eigenvalue weighted by Gasteiger charge is -2.22. The molecule has 0 atom stereocenters. The summed E-state index contributed by atoms with van der Waals surface area (Å²) in [6.45, 7) is 4.26. The maximum atomic E-state index is 5.59. The van der Waals surface area contributed by atoms with Gasteiger partial charge < -0.3 is 14.1 Å². The van der Waals surface area contributed by atoms with E-state index in [4.69, 9.17) is 21.4 Å². The van der Waals surface area contributed by atoms with Crippen molar-refractivity contribution in [2.24, 2.45) is 0 Å². The van der Waals surface area contributed by atoms with Crippen molar-refractivity contribution in [1.82, 2.24) is 9.78 Å². The maximum Gasteiger partial charge on any atom is 0.292 e. The van der Waals surface area contributed by atoms with E-state index in [1.165, 1.54) is 4.90 Å². The summed E-state index contributed by atoms with van der Waals surface area (Å²) in [6.07, 6.45) is 0. The quantitative estimate of drug-likeness (QED) is 0.846. The Bertz CT molecular complexity index is 632. The molecule has 0 amide bonds. The minimum Gasteiger partial charge on any atom is -0.409 e. The van der Waals surface area contributed by atoms with Crippen LogP contribution in [0.4, 0.5) is 0 Å². The molecule has 1 saturated heterocycles. The van der Waals surface area contributed by atoms with Gasteiger partial charge in [0.2, 0.25) is 5.89 Å². The summed E-state index contributed by atoms with van der Waals surface area (Å²) in [5.74, 6) is 0.565. The number of quaternary nitrogens is 1. The Morgan fingerprint density at radius 1 is 1.25 bits per heavy atom. The van der Waals surface area contributed by atoms with Crippen LogP contribution in [0.3, 0.4) is 0 Å². The average Bonchev–Trinajstić information content (AvgIpc) is 2.82. The maximum absolute atomic E-state index is 5.59. The van der Waals surface area contributed by atoms with Gasteiger partial charge in [-0.2, -0.15) is 4.68 Å². The normalized spacial score (nSPS) is 16.4. The van der Waals surface area contributed by atoms with Crippen LogP contribution < -0.4 is 4.90 Å². The van der Waals surface area contributed by atoms with Gasteiger partial charge in [0.05, 0.1) is 13.2 Å². The lowest BCUT2D eigenvalue weighted by atomic mass is 10.2. The molecule has 0 bridgehead atoms. The number of benzene rings is 1. The molecule has 0 radical (unpaired) electrons. The lowest BCUT2D eigenvalue weighted by Crippen LogP contribution is -3.13. The lowest BCUT2D eigenvalue weighted by molar-refractivity contribution is -0.931. The van der Waals surface area contributed by atoms with Gasteiger partial charge in [-0.15, -0.1) is 5.10 Å². The number of nitrogens with one attached hydrogen (secondary N) is 1. The fourth-order valence-corrected chi connectivity index (χ4v) is 2.59. The molecule has 1 aliphatic rings. The van der Waals surface area contributed by atoms with Crippen LogP contribution in [0, 0.1) is 4.84 Å². The average molecular weight is 357 g/mol. The molecule has 0 saturated carbocycles. The molecule has 1 N–H and O–H groups in total. The summed E-state index contributed by atoms with van der Waals surface area (Å²) in [5.41, 5.74) is 0.926. The summed E-state index contributed by atoms with van der Waals surface area (Å²) >= 11 is 8.66. The molecule has 0 aliphatic carbocycles. The zero-order valence-electron chi connectivity index (χ0n) is 10.8. The Labute approximate surface area is 130 Å². The first-order chi connectivity index (χ1) is 9.72. The Morgan fingerprint density at radius 2 is 1.95 bits per heavy atom. The minimum absolute atomic E-state index is 0.418. The van der Waals surface area contributed by atoms with E-state index < -0.39 is 0 Å². The molecule has 106 valence electrons. The van der Waals surface area contributed by atoms with Crippen molar-refractivity contribution in [2.75, 3.05) is 26.3 Å². The van der Waals surface area contributed by atoms with Gasteiger partial charge in [0, 0.05) is 10.0 Å². The number of hydrogen-bond acceptors (Lipinski definition) is 4. The zero-order chi connectivity index (χ0) is 13.9. The van der Waals surface area contributed by atoms with Crippen LogP contribution in [0.25, 0.3) is 11.5 Å². The number of rotatable bonds is 3. The van der Waals surface area contributed by atoms with E-state index in [0.29, 0.717) is 10.7 Å². The van der Waals surface area contributed by atoms with E-state index in [2.05, 4.69) is 21.0 Å². The van der Waals surface area contributed by atoms with E-state index in [1.54, 1.807) is 4.68 Å². The SMILES string of the molecule is S=c1oc(-c2ccc(Br)cc2)nn1C[NH+]1CCOCC1. The van der Waals surface area contributed by atoms with Gasteiger partial charge in [-0.1, -0.05) is 15.9 Å². The second-order valence-electron chi connectivity index (χ2n) is 4.70. The molecule has 3 rings (SSSR count). The number of aromatic nitrogens is 2. The van der Waals surface area contributed by atoms with Crippen molar-refractivity contribution in [3.63, 3.8) is 0 Å². The Kier molecular flexibility index (Phi) is 4.30. The van der Waals surface area contributed by atoms with Crippen molar-refractivity contribution in [3.8, 4) is 11.5 Å². The van der Waals surface area contributed by atoms with Crippen LogP contribution in [-0.2, 0) is 11.4 Å². The molecule has 2 aromatic rings. The first-order valence-corrected chi connectivity index (χ1v) is 7.68. The van der Waals surface area contributed by atoms with E-state index in [0.717, 1.165) is 43.0 Å². The van der Waals surface area contributed by atoms with Crippen LogP contribution in [0.15, 0.2) is 33.2 Å². The number of halogens is 1. The smallest absolute Gasteiger partial charge is 0.292 e. The number of ether oxygens (including phenoxy) is 1. The molecule has 2 heterocycles. The Balaban J connectivity index is 1.79. The van der Waals surface area contributed by atoms with Gasteiger partial charge in [0.1, 0.15) is 13.1 Å². The standard InChI is InChI=1S/C13H14BrN3O2S/c14-11-3-1-10(2-4-11)12-15-17(13(20)19-12)9-16-5-7-18-8-6-16/h1-4H,5-9H2/p+1. The molecule has 0 spiro atoms. The van der Waals surface area contributed by atoms with Gasteiger partial charge in [-0.05, 0) is 36.5 Å². The molecule has 1 aromatic heterocycles. The summed E-state index contributed by atoms with van der Waals surface area (Å²) in [5, 5.41) is 4.47. The molecule has 0 unspecified atom stereocenters. The third-order valence-corrected chi connectivity index (χ3v) is 4.09. The predicted molar refractivity (Wildman–Crippen MR) is 80.0 cm³/mol. The highest BCUT2D eigenvalue weighted by molar-refractivity contribution is 9.10. The van der Waals surface area contributed by atoms with Gasteiger partial charge in [0.15, 0.2) is 6.67 Å². The van der Waals surface area contributed by atoms with E-state index in [1.807, 2.05) is 24.3 Å². The summed E-state index contributed by atoms with van der Waals surface area (Å²) in [6, 6.07) is 7.83. The first kappa shape index (κ1) is 13.9. The van der Waals surface area contributed by atoms with Crippen LogP contribution in [0.5, 0.6) is 0 Å². The number of morpholine rings is 1. The zero-order valence-corrected chi connectivity index (χ0v) is 13.2. The molecule has 1 aromatic carbocycles. The Morgan fingerprint density at radius 3 is 2.65 bits per heavy atom. The molecule has 1 fully saturated rings. The second-order valence-corrected chi connectivity index (χ2v) is 5.96. The van der Waals surface area contributed by atoms with Crippen LogP contribution >= 0.6 is 28.1 Å². The van der Waals surface area contributed by atoms with Crippen LogP contribution in [-0.4, -0.2) is 36.1 Å². The van der Waals surface area contributed by atoms with Crippen molar-refractivity contribution < 1.29 is 14.1 Å². The van der Waals surface area contributed by atoms with Gasteiger partial charge >= 0.3 is 0 Å². The molecular formula is C13H15BrN3O2S+. The van der Waals surface area contributed by atoms with Gasteiger partial charge in [0.25, 0.3) is 4.84 Å². The summed E-state index contributed by atoms with van der Waals surface area (Å²) in [4.78, 5) is 1.82. The number of nitrogens with zero attached hydrogens (tertiary/aromatic N) is 2. The highest BCUT2D eigenvalue weighted by atomic mass is 79.9. The van der Waals surface area contributed by atoms with Crippen molar-refractivity contribution >= 4 is 28.1 Å². The van der Waals surface area contributed by atoms with Crippen LogP contribution in [0.2, 0.25) is 0 Å². The van der Waals surface area contributed by atoms with Crippen molar-refractivity contribution in [3.05, 3.63) is 33.6 Å². The molecule has 5 nitrogen and oxygen atoms in total. The minimum atomic E-state index is 0.418. The molecule has 7 heteroatoms. The summed E-state index contributed by atoms with van der Waals surface area (Å²) < 4.78 is 13.7. The van der Waals surface area contributed by atoms with E-state index >= 15 is 0 Å². The largest absolute Gasteiger partial charge is 0.409 e. The van der Waals surface area contributed by atoms with Crippen LogP contribution in [0.1, 0.15) is 0 Å². The molecular weight excluding hydrogens is 342 g/mol. The fraction of sp³-hybridized carbons (Fsp3) is 0.385.